The quantitative estimate of drug-likeness (QED) is 0.477. The number of hydrogen-bond donors (Lipinski definition) is 1. The van der Waals surface area contributed by atoms with E-state index >= 15 is 0 Å². The first kappa shape index (κ1) is 24.8. The fourth-order valence-electron chi connectivity index (χ4n) is 7.64. The monoisotopic (exact) mass is 500 g/mol. The average Bonchev–Trinajstić information content (AvgIpc) is 3.23. The van der Waals surface area contributed by atoms with Crippen LogP contribution < -0.4 is 0 Å². The normalized spacial score (nSPS) is 34.5. The Morgan fingerprint density at radius 1 is 1.00 bits per heavy atom. The number of nitrogens with zero attached hydrogens (tertiary/aromatic N) is 2. The van der Waals surface area contributed by atoms with E-state index in [-0.39, 0.29) is 35.4 Å². The number of carbonyl (C=O) groups excluding carboxylic acids is 1. The maximum atomic E-state index is 13.1. The highest BCUT2D eigenvalue weighted by Crippen LogP contribution is 2.56. The standard InChI is InChI=1S/C32H40N2O3/c1-22-10-9-15-25-20-27-28(30(35)32(22,25)2)26(31(36)37-27)21-33-16-18-34(19-17-33)29(23-11-5-3-6-12-23)24-13-7-4-8-14-24/h3-8,11-15,22,26-30,35H,9-10,16-21H2,1-2H3/t22-,26+,27+,28+,30+,32+/m0/s1. The lowest BCUT2D eigenvalue weighted by atomic mass is 9.55. The molecular formula is C32H40N2O3. The van der Waals surface area contributed by atoms with Crippen LogP contribution in [0.1, 0.15) is 50.3 Å². The number of carbonyl (C=O) groups is 1. The van der Waals surface area contributed by atoms with Crippen molar-refractivity contribution in [2.75, 3.05) is 32.7 Å². The van der Waals surface area contributed by atoms with Gasteiger partial charge in [-0.3, -0.25) is 14.6 Å². The molecule has 2 aliphatic heterocycles. The highest BCUT2D eigenvalue weighted by atomic mass is 16.6. The van der Waals surface area contributed by atoms with E-state index in [9.17, 15) is 9.90 Å². The molecule has 5 heteroatoms. The Morgan fingerprint density at radius 2 is 1.62 bits per heavy atom. The van der Waals surface area contributed by atoms with Crippen LogP contribution in [0, 0.1) is 23.2 Å². The summed E-state index contributed by atoms with van der Waals surface area (Å²) in [5.74, 6) is -0.0672. The number of rotatable bonds is 5. The Balaban J connectivity index is 1.16. The van der Waals surface area contributed by atoms with E-state index in [2.05, 4.69) is 90.4 Å². The zero-order chi connectivity index (χ0) is 25.6. The van der Waals surface area contributed by atoms with Crippen molar-refractivity contribution in [2.45, 2.75) is 51.4 Å². The number of aliphatic hydroxyl groups is 1. The molecular weight excluding hydrogens is 460 g/mol. The molecule has 0 aromatic heterocycles. The molecule has 1 saturated carbocycles. The maximum absolute atomic E-state index is 13.1. The van der Waals surface area contributed by atoms with E-state index in [0.29, 0.717) is 12.5 Å². The summed E-state index contributed by atoms with van der Waals surface area (Å²) in [7, 11) is 0. The van der Waals surface area contributed by atoms with E-state index in [1.807, 2.05) is 0 Å². The van der Waals surface area contributed by atoms with Gasteiger partial charge < -0.3 is 9.84 Å². The van der Waals surface area contributed by atoms with Crippen molar-refractivity contribution in [1.82, 2.24) is 9.80 Å². The first-order valence-corrected chi connectivity index (χ1v) is 14.1. The van der Waals surface area contributed by atoms with E-state index in [1.165, 1.54) is 16.7 Å². The Kier molecular flexibility index (Phi) is 6.72. The maximum Gasteiger partial charge on any atom is 0.311 e. The van der Waals surface area contributed by atoms with E-state index in [1.54, 1.807) is 0 Å². The summed E-state index contributed by atoms with van der Waals surface area (Å²) in [6.45, 7) is 8.85. The Morgan fingerprint density at radius 3 is 2.24 bits per heavy atom. The van der Waals surface area contributed by atoms with Gasteiger partial charge in [-0.15, -0.1) is 0 Å². The SMILES string of the molecule is C[C@H]1CCC=C2C[C@H]3OC(=O)[C@H](CN4CCN(C(c5ccccc5)c5ccccc5)CC4)[C@H]3[C@@H](O)[C@@]21C. The summed E-state index contributed by atoms with van der Waals surface area (Å²) >= 11 is 0. The van der Waals surface area contributed by atoms with Gasteiger partial charge in [0.15, 0.2) is 0 Å². The third-order valence-corrected chi connectivity index (χ3v) is 10.0. The van der Waals surface area contributed by atoms with Gasteiger partial charge in [0.1, 0.15) is 6.10 Å². The van der Waals surface area contributed by atoms with Crippen molar-refractivity contribution < 1.29 is 14.6 Å². The molecule has 0 amide bonds. The number of aliphatic hydroxyl groups excluding tert-OH is 1. The zero-order valence-electron chi connectivity index (χ0n) is 22.1. The van der Waals surface area contributed by atoms with Crippen LogP contribution in [-0.4, -0.2) is 65.8 Å². The Hall–Kier alpha value is -2.47. The molecule has 2 aromatic rings. The second kappa shape index (κ2) is 10.0. The minimum absolute atomic E-state index is 0.113. The molecule has 196 valence electrons. The molecule has 6 atom stereocenters. The predicted molar refractivity (Wildman–Crippen MR) is 145 cm³/mol. The van der Waals surface area contributed by atoms with Crippen LogP contribution >= 0.6 is 0 Å². The van der Waals surface area contributed by atoms with Gasteiger partial charge in [-0.25, -0.2) is 0 Å². The van der Waals surface area contributed by atoms with Crippen LogP contribution in [-0.2, 0) is 9.53 Å². The van der Waals surface area contributed by atoms with Gasteiger partial charge in [0, 0.05) is 50.5 Å². The molecule has 3 fully saturated rings. The molecule has 0 radical (unpaired) electrons. The summed E-state index contributed by atoms with van der Waals surface area (Å²) in [6.07, 6.45) is 4.53. The second-order valence-corrected chi connectivity index (χ2v) is 11.9. The molecule has 5 nitrogen and oxygen atoms in total. The molecule has 6 rings (SSSR count). The Labute approximate surface area is 221 Å². The summed E-state index contributed by atoms with van der Waals surface area (Å²) in [6, 6.07) is 21.7. The van der Waals surface area contributed by atoms with Crippen molar-refractivity contribution in [1.29, 1.82) is 0 Å². The molecule has 0 bridgehead atoms. The van der Waals surface area contributed by atoms with E-state index < -0.39 is 6.10 Å². The van der Waals surface area contributed by atoms with E-state index in [4.69, 9.17) is 4.74 Å². The molecule has 2 saturated heterocycles. The van der Waals surface area contributed by atoms with Crippen LogP contribution in [0.4, 0.5) is 0 Å². The van der Waals surface area contributed by atoms with Gasteiger partial charge in [0.25, 0.3) is 0 Å². The smallest absolute Gasteiger partial charge is 0.311 e. The fraction of sp³-hybridized carbons (Fsp3) is 0.531. The molecule has 2 heterocycles. The molecule has 4 aliphatic rings. The molecule has 0 spiro atoms. The van der Waals surface area contributed by atoms with Crippen molar-refractivity contribution >= 4 is 5.97 Å². The summed E-state index contributed by atoms with van der Waals surface area (Å²) < 4.78 is 5.92. The number of benzene rings is 2. The number of fused-ring (bicyclic) bond motifs is 2. The number of ether oxygens (including phenoxy) is 1. The highest BCUT2D eigenvalue weighted by molar-refractivity contribution is 5.76. The minimum atomic E-state index is -0.536. The minimum Gasteiger partial charge on any atom is -0.461 e. The largest absolute Gasteiger partial charge is 0.461 e. The topological polar surface area (TPSA) is 53.0 Å². The zero-order valence-corrected chi connectivity index (χ0v) is 22.1. The first-order valence-electron chi connectivity index (χ1n) is 14.1. The lowest BCUT2D eigenvalue weighted by molar-refractivity contribution is -0.145. The molecule has 1 N–H and O–H groups in total. The van der Waals surface area contributed by atoms with Gasteiger partial charge in [0.05, 0.1) is 18.1 Å². The molecule has 0 unspecified atom stereocenters. The van der Waals surface area contributed by atoms with Crippen molar-refractivity contribution in [2.24, 2.45) is 23.2 Å². The van der Waals surface area contributed by atoms with Gasteiger partial charge in [-0.05, 0) is 29.9 Å². The number of allylic oxidation sites excluding steroid dienone is 1. The highest BCUT2D eigenvalue weighted by Gasteiger charge is 2.59. The van der Waals surface area contributed by atoms with E-state index in [0.717, 1.165) is 45.4 Å². The first-order chi connectivity index (χ1) is 18.0. The van der Waals surface area contributed by atoms with Gasteiger partial charge >= 0.3 is 5.97 Å². The number of hydrogen-bond acceptors (Lipinski definition) is 5. The average molecular weight is 501 g/mol. The Bertz CT molecular complexity index is 1090. The number of esters is 1. The van der Waals surface area contributed by atoms with Gasteiger partial charge in [0.2, 0.25) is 0 Å². The lowest BCUT2D eigenvalue weighted by Crippen LogP contribution is -2.55. The van der Waals surface area contributed by atoms with Crippen LogP contribution in [0.25, 0.3) is 0 Å². The van der Waals surface area contributed by atoms with Crippen LogP contribution in [0.3, 0.4) is 0 Å². The molecule has 2 aromatic carbocycles. The lowest BCUT2D eigenvalue weighted by Gasteiger charge is -2.52. The van der Waals surface area contributed by atoms with Crippen LogP contribution in [0.5, 0.6) is 0 Å². The van der Waals surface area contributed by atoms with Crippen LogP contribution in [0.2, 0.25) is 0 Å². The molecule has 2 aliphatic carbocycles. The van der Waals surface area contributed by atoms with Gasteiger partial charge in [-0.1, -0.05) is 86.2 Å². The summed E-state index contributed by atoms with van der Waals surface area (Å²) in [5, 5.41) is 11.7. The van der Waals surface area contributed by atoms with Crippen molar-refractivity contribution in [3.63, 3.8) is 0 Å². The van der Waals surface area contributed by atoms with Crippen LogP contribution in [0.15, 0.2) is 72.3 Å². The van der Waals surface area contributed by atoms with Crippen molar-refractivity contribution in [3.05, 3.63) is 83.4 Å². The third-order valence-electron chi connectivity index (χ3n) is 10.0. The second-order valence-electron chi connectivity index (χ2n) is 11.9. The molecule has 37 heavy (non-hydrogen) atoms. The fourth-order valence-corrected chi connectivity index (χ4v) is 7.64. The van der Waals surface area contributed by atoms with Gasteiger partial charge in [-0.2, -0.15) is 0 Å². The van der Waals surface area contributed by atoms with Crippen molar-refractivity contribution in [3.8, 4) is 0 Å². The summed E-state index contributed by atoms with van der Waals surface area (Å²) in [4.78, 5) is 18.1. The number of piperazine rings is 1. The summed E-state index contributed by atoms with van der Waals surface area (Å²) in [5.41, 5.74) is 3.68. The predicted octanol–water partition coefficient (Wildman–Crippen LogP) is 4.68. The third kappa shape index (κ3) is 4.35.